The Hall–Kier alpha value is 0.540. The van der Waals surface area contributed by atoms with Crippen molar-refractivity contribution in [1.82, 2.24) is 0 Å². The molecular weight excluding hydrogens is 356 g/mol. The largest absolute Gasteiger partial charge is 0.394 e. The van der Waals surface area contributed by atoms with E-state index in [1.54, 1.807) is 23.5 Å². The summed E-state index contributed by atoms with van der Waals surface area (Å²) in [5.74, 6) is 1.91. The summed E-state index contributed by atoms with van der Waals surface area (Å²) >= 11 is 3.34. The van der Waals surface area contributed by atoms with Gasteiger partial charge in [0, 0.05) is 0 Å². The average molecular weight is 397 g/mol. The van der Waals surface area contributed by atoms with Gasteiger partial charge in [0.15, 0.2) is 0 Å². The van der Waals surface area contributed by atoms with E-state index in [-0.39, 0.29) is 4.58 Å². The quantitative estimate of drug-likeness (QED) is 0.208. The highest BCUT2D eigenvalue weighted by Gasteiger charge is 2.31. The van der Waals surface area contributed by atoms with Crippen LogP contribution < -0.4 is 0 Å². The van der Waals surface area contributed by atoms with E-state index in [0.717, 1.165) is 24.3 Å². The number of hydrogen-bond acceptors (Lipinski definition) is 6. The lowest BCUT2D eigenvalue weighted by Crippen LogP contribution is -2.44. The summed E-state index contributed by atoms with van der Waals surface area (Å²) in [4.78, 5) is 0. The molecule has 0 saturated heterocycles. The molecular formula is C19H40O4S2. The molecule has 0 bridgehead atoms. The minimum absolute atomic E-state index is 0.159. The average Bonchev–Trinajstić information content (AvgIpc) is 2.63. The molecule has 0 heterocycles. The van der Waals surface area contributed by atoms with Crippen molar-refractivity contribution in [3.05, 3.63) is 0 Å². The van der Waals surface area contributed by atoms with Crippen molar-refractivity contribution >= 4 is 23.5 Å². The molecule has 3 atom stereocenters. The third-order valence-electron chi connectivity index (χ3n) is 4.27. The molecule has 0 rings (SSSR count). The first-order chi connectivity index (χ1) is 12.1. The van der Waals surface area contributed by atoms with E-state index >= 15 is 0 Å². The molecule has 0 aliphatic rings. The van der Waals surface area contributed by atoms with Gasteiger partial charge in [0.05, 0.1) is 11.2 Å². The number of hydrogen-bond donors (Lipinski definition) is 4. The smallest absolute Gasteiger partial charge is 0.110 e. The molecule has 0 amide bonds. The van der Waals surface area contributed by atoms with Crippen LogP contribution in [0.4, 0.5) is 0 Å². The standard InChI is InChI=1S/C19H40O4S2/c1-3-5-7-9-11-13-24-19(18(23)17(22)16(21)15-20)25-14-12-10-8-6-4-2/h16-23H,3-15H2,1-2H3. The van der Waals surface area contributed by atoms with Crippen LogP contribution in [-0.4, -0.2) is 61.4 Å². The van der Waals surface area contributed by atoms with E-state index in [1.807, 2.05) is 0 Å². The molecule has 0 radical (unpaired) electrons. The first-order valence-corrected chi connectivity index (χ1v) is 12.1. The molecule has 0 spiro atoms. The number of unbranched alkanes of at least 4 members (excludes halogenated alkanes) is 8. The minimum Gasteiger partial charge on any atom is -0.394 e. The van der Waals surface area contributed by atoms with Crippen LogP contribution in [0.5, 0.6) is 0 Å². The Kier molecular flexibility index (Phi) is 18.3. The number of rotatable bonds is 18. The molecule has 0 aromatic rings. The predicted molar refractivity (Wildman–Crippen MR) is 111 cm³/mol. The Morgan fingerprint density at radius 3 is 1.48 bits per heavy atom. The highest BCUT2D eigenvalue weighted by molar-refractivity contribution is 8.17. The van der Waals surface area contributed by atoms with Crippen molar-refractivity contribution in [1.29, 1.82) is 0 Å². The molecule has 0 aromatic heterocycles. The molecule has 152 valence electrons. The van der Waals surface area contributed by atoms with Gasteiger partial charge in [0.1, 0.15) is 18.3 Å². The number of thioether (sulfide) groups is 2. The Morgan fingerprint density at radius 1 is 0.640 bits per heavy atom. The van der Waals surface area contributed by atoms with Gasteiger partial charge < -0.3 is 20.4 Å². The van der Waals surface area contributed by atoms with E-state index in [1.165, 1.54) is 51.4 Å². The molecule has 0 aliphatic heterocycles. The van der Waals surface area contributed by atoms with Gasteiger partial charge in [-0.1, -0.05) is 65.2 Å². The van der Waals surface area contributed by atoms with Gasteiger partial charge in [0.2, 0.25) is 0 Å². The van der Waals surface area contributed by atoms with Crippen molar-refractivity contribution < 1.29 is 20.4 Å². The van der Waals surface area contributed by atoms with Crippen molar-refractivity contribution in [2.45, 2.75) is 101 Å². The lowest BCUT2D eigenvalue weighted by atomic mass is 10.1. The van der Waals surface area contributed by atoms with Crippen molar-refractivity contribution in [2.75, 3.05) is 18.1 Å². The fourth-order valence-corrected chi connectivity index (χ4v) is 5.44. The van der Waals surface area contributed by atoms with Gasteiger partial charge in [-0.3, -0.25) is 0 Å². The fourth-order valence-electron chi connectivity index (χ4n) is 2.55. The molecule has 3 unspecified atom stereocenters. The Bertz CT molecular complexity index is 266. The van der Waals surface area contributed by atoms with Crippen LogP contribution >= 0.6 is 23.5 Å². The molecule has 6 heteroatoms. The Morgan fingerprint density at radius 2 is 1.08 bits per heavy atom. The Balaban J connectivity index is 4.24. The molecule has 0 saturated carbocycles. The maximum Gasteiger partial charge on any atom is 0.110 e. The second kappa shape index (κ2) is 17.9. The predicted octanol–water partition coefficient (Wildman–Crippen LogP) is 3.79. The van der Waals surface area contributed by atoms with E-state index in [9.17, 15) is 15.3 Å². The van der Waals surface area contributed by atoms with Gasteiger partial charge in [0.25, 0.3) is 0 Å². The second-order valence-electron chi connectivity index (χ2n) is 6.67. The van der Waals surface area contributed by atoms with Crippen LogP contribution in [0.25, 0.3) is 0 Å². The first-order valence-electron chi connectivity index (χ1n) is 9.96. The Labute approximate surface area is 163 Å². The highest BCUT2D eigenvalue weighted by Crippen LogP contribution is 2.31. The lowest BCUT2D eigenvalue weighted by Gasteiger charge is -2.28. The number of aliphatic hydroxyl groups excluding tert-OH is 4. The lowest BCUT2D eigenvalue weighted by molar-refractivity contribution is -0.0706. The van der Waals surface area contributed by atoms with Crippen LogP contribution in [0.15, 0.2) is 0 Å². The zero-order valence-electron chi connectivity index (χ0n) is 16.1. The SMILES string of the molecule is CCCCCCCSC(SCCCCCCC)C(O)C(O)C(O)CO. The number of aliphatic hydroxyl groups is 4. The summed E-state index contributed by atoms with van der Waals surface area (Å²) in [6.45, 7) is 3.87. The zero-order chi connectivity index (χ0) is 18.9. The third-order valence-corrected chi connectivity index (χ3v) is 7.35. The molecule has 0 aromatic carbocycles. The second-order valence-corrected chi connectivity index (χ2v) is 9.47. The van der Waals surface area contributed by atoms with Crippen molar-refractivity contribution in [3.8, 4) is 0 Å². The van der Waals surface area contributed by atoms with Gasteiger partial charge >= 0.3 is 0 Å². The fraction of sp³-hybridized carbons (Fsp3) is 1.00. The van der Waals surface area contributed by atoms with E-state index in [2.05, 4.69) is 13.8 Å². The van der Waals surface area contributed by atoms with Gasteiger partial charge in [-0.25, -0.2) is 0 Å². The highest BCUT2D eigenvalue weighted by atomic mass is 32.2. The summed E-state index contributed by atoms with van der Waals surface area (Å²) in [7, 11) is 0. The van der Waals surface area contributed by atoms with Crippen LogP contribution in [0, 0.1) is 0 Å². The monoisotopic (exact) mass is 396 g/mol. The van der Waals surface area contributed by atoms with Gasteiger partial charge in [-0.15, -0.1) is 23.5 Å². The van der Waals surface area contributed by atoms with Gasteiger partial charge in [-0.2, -0.15) is 0 Å². The zero-order valence-corrected chi connectivity index (χ0v) is 17.7. The molecule has 4 nitrogen and oxygen atoms in total. The van der Waals surface area contributed by atoms with Crippen LogP contribution in [0.2, 0.25) is 0 Å². The minimum atomic E-state index is -1.30. The van der Waals surface area contributed by atoms with Crippen LogP contribution in [0.1, 0.15) is 78.1 Å². The summed E-state index contributed by atoms with van der Waals surface area (Å²) in [5.41, 5.74) is 0. The normalized spacial score (nSPS) is 15.5. The maximum absolute atomic E-state index is 10.4. The van der Waals surface area contributed by atoms with Crippen LogP contribution in [-0.2, 0) is 0 Å². The molecule has 25 heavy (non-hydrogen) atoms. The summed E-state index contributed by atoms with van der Waals surface area (Å²) in [5, 5.41) is 39.0. The van der Waals surface area contributed by atoms with E-state index in [0.29, 0.717) is 0 Å². The molecule has 4 N–H and O–H groups in total. The maximum atomic E-state index is 10.4. The van der Waals surface area contributed by atoms with Gasteiger partial charge in [-0.05, 0) is 24.3 Å². The first kappa shape index (κ1) is 25.5. The molecule has 0 aliphatic carbocycles. The van der Waals surface area contributed by atoms with Crippen molar-refractivity contribution in [2.24, 2.45) is 0 Å². The van der Waals surface area contributed by atoms with E-state index in [4.69, 9.17) is 5.11 Å². The summed E-state index contributed by atoms with van der Waals surface area (Å²) in [6.07, 6.45) is 8.53. The topological polar surface area (TPSA) is 80.9 Å². The van der Waals surface area contributed by atoms with Crippen molar-refractivity contribution in [3.63, 3.8) is 0 Å². The van der Waals surface area contributed by atoms with Crippen LogP contribution in [0.3, 0.4) is 0 Å². The molecule has 0 fully saturated rings. The van der Waals surface area contributed by atoms with E-state index < -0.39 is 24.9 Å². The third kappa shape index (κ3) is 13.4. The summed E-state index contributed by atoms with van der Waals surface area (Å²) < 4.78 is -0.159. The summed E-state index contributed by atoms with van der Waals surface area (Å²) in [6, 6.07) is 0.